The van der Waals surface area contributed by atoms with Gasteiger partial charge in [0.05, 0.1) is 0 Å². The zero-order chi connectivity index (χ0) is 18.7. The van der Waals surface area contributed by atoms with E-state index in [2.05, 4.69) is 35.8 Å². The molecule has 2 aromatic rings. The van der Waals surface area contributed by atoms with Crippen molar-refractivity contribution in [3.63, 3.8) is 0 Å². The summed E-state index contributed by atoms with van der Waals surface area (Å²) in [5.41, 5.74) is 4.52. The van der Waals surface area contributed by atoms with E-state index in [4.69, 9.17) is 0 Å². The van der Waals surface area contributed by atoms with Crippen molar-refractivity contribution in [2.45, 2.75) is 32.1 Å². The molecule has 3 heteroatoms. The van der Waals surface area contributed by atoms with Gasteiger partial charge in [-0.2, -0.15) is 37.1 Å². The Balaban J connectivity index is 0. The van der Waals surface area contributed by atoms with Crippen molar-refractivity contribution in [1.29, 1.82) is 0 Å². The minimum absolute atomic E-state index is 0. The quantitative estimate of drug-likeness (QED) is 0.550. The first-order valence-electron chi connectivity index (χ1n) is 9.10. The Hall–Kier alpha value is -1.35. The summed E-state index contributed by atoms with van der Waals surface area (Å²) >= 11 is 0. The van der Waals surface area contributed by atoms with E-state index < -0.39 is 0 Å². The van der Waals surface area contributed by atoms with E-state index >= 15 is 0 Å². The molecule has 2 nitrogen and oxygen atoms in total. The molecule has 1 radical (unpaired) electrons. The van der Waals surface area contributed by atoms with Crippen LogP contribution >= 0.6 is 0 Å². The van der Waals surface area contributed by atoms with Crippen molar-refractivity contribution >= 4 is 11.4 Å². The molecule has 0 heterocycles. The van der Waals surface area contributed by atoms with Crippen LogP contribution in [0.15, 0.2) is 48.5 Å². The van der Waals surface area contributed by atoms with Gasteiger partial charge < -0.3 is 17.2 Å². The summed E-state index contributed by atoms with van der Waals surface area (Å²) in [6.45, 7) is 7.80. The Morgan fingerprint density at radius 1 is 0.593 bits per heavy atom. The minimum Gasteiger partial charge on any atom is -0.428 e. The smallest absolute Gasteiger partial charge is 0 e. The maximum Gasteiger partial charge on any atom is 0 e. The van der Waals surface area contributed by atoms with Gasteiger partial charge >= 0.3 is 0 Å². The van der Waals surface area contributed by atoms with Crippen LogP contribution in [0, 0.1) is 21.3 Å². The number of benzene rings is 2. The van der Waals surface area contributed by atoms with Crippen molar-refractivity contribution < 1.29 is 25.8 Å². The molecule has 0 unspecified atom stereocenters. The SMILES string of the molecule is C1CCCC1.[CH2-]c1ccccc1N(C)C.[CH2-]c1ccccc1N(C)C.[CH3-].[Sc]. The van der Waals surface area contributed by atoms with Crippen LogP contribution in [0.4, 0.5) is 11.4 Å². The Bertz CT molecular complexity index is 548. The first-order valence-corrected chi connectivity index (χ1v) is 9.10. The molecule has 1 aliphatic rings. The molecular formula is C24H37N2Sc-3. The van der Waals surface area contributed by atoms with Crippen molar-refractivity contribution in [1.82, 2.24) is 0 Å². The van der Waals surface area contributed by atoms with E-state index in [1.54, 1.807) is 0 Å². The van der Waals surface area contributed by atoms with Crippen molar-refractivity contribution in [3.05, 3.63) is 80.9 Å². The van der Waals surface area contributed by atoms with E-state index in [0.717, 1.165) is 11.1 Å². The molecule has 1 saturated carbocycles. The van der Waals surface area contributed by atoms with Gasteiger partial charge in [-0.1, -0.05) is 67.7 Å². The van der Waals surface area contributed by atoms with Gasteiger partial charge in [0.15, 0.2) is 0 Å². The number of nitrogens with zero attached hydrogens (tertiary/aromatic N) is 2. The van der Waals surface area contributed by atoms with Gasteiger partial charge in [0.1, 0.15) is 0 Å². The molecule has 0 amide bonds. The second-order valence-corrected chi connectivity index (χ2v) is 6.81. The molecule has 0 spiro atoms. The van der Waals surface area contributed by atoms with Gasteiger partial charge in [0.25, 0.3) is 0 Å². The normalized spacial score (nSPS) is 11.4. The van der Waals surface area contributed by atoms with E-state index in [1.807, 2.05) is 64.6 Å². The summed E-state index contributed by atoms with van der Waals surface area (Å²) < 4.78 is 0. The van der Waals surface area contributed by atoms with Crippen molar-refractivity contribution in [2.75, 3.05) is 38.0 Å². The Labute approximate surface area is 187 Å². The summed E-state index contributed by atoms with van der Waals surface area (Å²) in [5.74, 6) is 0. The van der Waals surface area contributed by atoms with Crippen LogP contribution in [0.3, 0.4) is 0 Å². The van der Waals surface area contributed by atoms with Gasteiger partial charge in [-0.3, -0.25) is 0 Å². The largest absolute Gasteiger partial charge is 0.428 e. The molecule has 0 aliphatic heterocycles. The molecule has 0 saturated heterocycles. The fourth-order valence-electron chi connectivity index (χ4n) is 2.78. The summed E-state index contributed by atoms with van der Waals surface area (Å²) in [6.07, 6.45) is 7.50. The monoisotopic (exact) mass is 398 g/mol. The zero-order valence-electron chi connectivity index (χ0n) is 18.0. The maximum absolute atomic E-state index is 3.90. The molecule has 0 bridgehead atoms. The zero-order valence-corrected chi connectivity index (χ0v) is 19.8. The van der Waals surface area contributed by atoms with Gasteiger partial charge in [-0.15, -0.1) is 12.1 Å². The number of rotatable bonds is 2. The van der Waals surface area contributed by atoms with Crippen LogP contribution in [0.1, 0.15) is 43.2 Å². The minimum atomic E-state index is 0. The molecule has 27 heavy (non-hydrogen) atoms. The van der Waals surface area contributed by atoms with Gasteiger partial charge in [0, 0.05) is 25.8 Å². The van der Waals surface area contributed by atoms with Crippen LogP contribution in [0.5, 0.6) is 0 Å². The number of hydrogen-bond acceptors (Lipinski definition) is 2. The van der Waals surface area contributed by atoms with E-state index in [0.29, 0.717) is 0 Å². The van der Waals surface area contributed by atoms with Gasteiger partial charge in [-0.05, 0) is 28.2 Å². The van der Waals surface area contributed by atoms with E-state index in [1.165, 1.54) is 43.5 Å². The van der Waals surface area contributed by atoms with Crippen LogP contribution in [0.25, 0.3) is 0 Å². The predicted molar refractivity (Wildman–Crippen MR) is 120 cm³/mol. The molecule has 0 atom stereocenters. The van der Waals surface area contributed by atoms with Gasteiger partial charge in [0.2, 0.25) is 0 Å². The van der Waals surface area contributed by atoms with E-state index in [-0.39, 0.29) is 33.3 Å². The number of hydrogen-bond donors (Lipinski definition) is 0. The summed E-state index contributed by atoms with van der Waals surface area (Å²) in [7, 11) is 8.07. The molecular weight excluding hydrogens is 361 g/mol. The first kappa shape index (κ1) is 27.9. The summed E-state index contributed by atoms with van der Waals surface area (Å²) in [4.78, 5) is 4.12. The van der Waals surface area contributed by atoms with Crippen LogP contribution in [-0.4, -0.2) is 28.2 Å². The predicted octanol–water partition coefficient (Wildman–Crippen LogP) is 6.27. The molecule has 0 N–H and O–H groups in total. The third kappa shape index (κ3) is 11.2. The summed E-state index contributed by atoms with van der Waals surface area (Å²) in [5, 5.41) is 0. The van der Waals surface area contributed by atoms with Crippen molar-refractivity contribution in [2.24, 2.45) is 0 Å². The number of para-hydroxylation sites is 2. The molecule has 1 aliphatic carbocycles. The van der Waals surface area contributed by atoms with Crippen LogP contribution in [-0.2, 0) is 25.8 Å². The molecule has 149 valence electrons. The molecule has 3 rings (SSSR count). The summed E-state index contributed by atoms with van der Waals surface area (Å²) in [6, 6.07) is 16.2. The van der Waals surface area contributed by atoms with E-state index in [9.17, 15) is 0 Å². The van der Waals surface area contributed by atoms with Crippen molar-refractivity contribution in [3.8, 4) is 0 Å². The first-order chi connectivity index (χ1) is 11.9. The molecule has 0 aromatic heterocycles. The maximum atomic E-state index is 3.90. The second-order valence-electron chi connectivity index (χ2n) is 6.81. The molecule has 2 aromatic carbocycles. The fraction of sp³-hybridized carbons (Fsp3) is 0.375. The third-order valence-corrected chi connectivity index (χ3v) is 4.20. The fourth-order valence-corrected chi connectivity index (χ4v) is 2.78. The van der Waals surface area contributed by atoms with Crippen LogP contribution < -0.4 is 9.80 Å². The Morgan fingerprint density at radius 2 is 0.852 bits per heavy atom. The molecule has 1 fully saturated rings. The Morgan fingerprint density at radius 3 is 1.04 bits per heavy atom. The van der Waals surface area contributed by atoms with Gasteiger partial charge in [-0.25, -0.2) is 0 Å². The third-order valence-electron chi connectivity index (χ3n) is 4.20. The average Bonchev–Trinajstić information content (AvgIpc) is 3.15. The standard InChI is InChI=1S/2C9H12N.C5H10.CH3.Sc/c2*1-8-6-4-5-7-9(8)10(2)3;1-2-4-5-3-1;;/h2*4-7H,1H2,2-3H3;1-5H2;1H3;/q2*-1;;-1;. The topological polar surface area (TPSA) is 6.48 Å². The Kier molecular flexibility index (Phi) is 16.2. The number of anilines is 2. The second kappa shape index (κ2) is 15.7. The average molecular weight is 399 g/mol. The van der Waals surface area contributed by atoms with Crippen LogP contribution in [0.2, 0.25) is 0 Å².